The molecule has 0 aromatic heterocycles. The van der Waals surface area contributed by atoms with Gasteiger partial charge in [0.15, 0.2) is 5.41 Å². The van der Waals surface area contributed by atoms with E-state index in [1.54, 1.807) is 13.8 Å². The standard InChI is InChI=1S/C17H13FN4O2/c1-10-15(2)23-13(11-4-3-5-12(18)6-11)16(7-19,8-20)17(10,9-21)14(22)24-15/h3-6,10,13,22H,1-2H3/t10-,13+,15-,17-/m0/s1. The molecule has 1 aromatic carbocycles. The summed E-state index contributed by atoms with van der Waals surface area (Å²) in [6.07, 6.45) is -1.23. The van der Waals surface area contributed by atoms with E-state index in [0.717, 1.165) is 6.07 Å². The van der Waals surface area contributed by atoms with Crippen LogP contribution in [0.25, 0.3) is 0 Å². The van der Waals surface area contributed by atoms with Crippen molar-refractivity contribution in [3.63, 3.8) is 0 Å². The quantitative estimate of drug-likeness (QED) is 0.853. The molecule has 7 heteroatoms. The largest absolute Gasteiger partial charge is 0.448 e. The molecule has 2 bridgehead atoms. The summed E-state index contributed by atoms with van der Waals surface area (Å²) >= 11 is 0. The minimum Gasteiger partial charge on any atom is -0.448 e. The first-order valence-electron chi connectivity index (χ1n) is 7.26. The van der Waals surface area contributed by atoms with Crippen LogP contribution < -0.4 is 0 Å². The third kappa shape index (κ3) is 1.56. The lowest BCUT2D eigenvalue weighted by Gasteiger charge is -2.47. The fourth-order valence-electron chi connectivity index (χ4n) is 3.68. The molecule has 3 rings (SSSR count). The van der Waals surface area contributed by atoms with Gasteiger partial charge in [-0.1, -0.05) is 19.1 Å². The molecule has 2 aliphatic heterocycles. The van der Waals surface area contributed by atoms with E-state index < -0.39 is 40.4 Å². The van der Waals surface area contributed by atoms with Crippen molar-refractivity contribution in [1.29, 1.82) is 21.2 Å². The number of nitriles is 3. The molecule has 2 fully saturated rings. The van der Waals surface area contributed by atoms with Crippen LogP contribution in [0, 0.1) is 62.0 Å². The molecule has 6 nitrogen and oxygen atoms in total. The molecule has 1 N–H and O–H groups in total. The molecule has 1 aromatic rings. The first-order chi connectivity index (χ1) is 11.3. The molecule has 0 aliphatic carbocycles. The summed E-state index contributed by atoms with van der Waals surface area (Å²) in [5, 5.41) is 37.6. The first kappa shape index (κ1) is 15.9. The lowest BCUT2D eigenvalue weighted by Crippen LogP contribution is -2.57. The van der Waals surface area contributed by atoms with Gasteiger partial charge in [-0.05, 0) is 17.7 Å². The highest BCUT2D eigenvalue weighted by Gasteiger charge is 2.78. The molecule has 0 amide bonds. The van der Waals surface area contributed by atoms with E-state index in [2.05, 4.69) is 0 Å². The average molecular weight is 324 g/mol. The predicted octanol–water partition coefficient (Wildman–Crippen LogP) is 2.80. The van der Waals surface area contributed by atoms with Crippen molar-refractivity contribution in [3.8, 4) is 18.2 Å². The smallest absolute Gasteiger partial charge is 0.214 e. The van der Waals surface area contributed by atoms with Gasteiger partial charge in [-0.15, -0.1) is 0 Å². The fourth-order valence-corrected chi connectivity index (χ4v) is 3.68. The molecule has 2 aliphatic rings. The Labute approximate surface area is 138 Å². The number of hydrogen-bond acceptors (Lipinski definition) is 6. The van der Waals surface area contributed by atoms with Crippen LogP contribution in [0.3, 0.4) is 0 Å². The number of ether oxygens (including phenoxy) is 2. The monoisotopic (exact) mass is 324 g/mol. The van der Waals surface area contributed by atoms with E-state index in [1.807, 2.05) is 18.2 Å². The molecular weight excluding hydrogens is 311 g/mol. The maximum atomic E-state index is 13.7. The zero-order chi connectivity index (χ0) is 17.8. The third-order valence-electron chi connectivity index (χ3n) is 5.15. The summed E-state index contributed by atoms with van der Waals surface area (Å²) in [5.41, 5.74) is -3.60. The van der Waals surface area contributed by atoms with Gasteiger partial charge in [0, 0.05) is 6.92 Å². The summed E-state index contributed by atoms with van der Waals surface area (Å²) in [7, 11) is 0. The maximum absolute atomic E-state index is 13.7. The van der Waals surface area contributed by atoms with Gasteiger partial charge in [-0.3, -0.25) is 5.41 Å². The summed E-state index contributed by atoms with van der Waals surface area (Å²) < 4.78 is 25.0. The van der Waals surface area contributed by atoms with Crippen LogP contribution in [0.4, 0.5) is 4.39 Å². The van der Waals surface area contributed by atoms with Gasteiger partial charge in [-0.25, -0.2) is 4.39 Å². The Morgan fingerprint density at radius 2 is 1.88 bits per heavy atom. The maximum Gasteiger partial charge on any atom is 0.214 e. The second-order valence-electron chi connectivity index (χ2n) is 6.17. The van der Waals surface area contributed by atoms with Gasteiger partial charge in [0.1, 0.15) is 11.9 Å². The van der Waals surface area contributed by atoms with E-state index in [1.165, 1.54) is 18.2 Å². The molecule has 2 saturated heterocycles. The van der Waals surface area contributed by atoms with Crippen LogP contribution in [-0.4, -0.2) is 11.7 Å². The minimum atomic E-state index is -2.04. The highest BCUT2D eigenvalue weighted by Crippen LogP contribution is 2.66. The lowest BCUT2D eigenvalue weighted by atomic mass is 9.54. The van der Waals surface area contributed by atoms with Crippen molar-refractivity contribution >= 4 is 5.90 Å². The van der Waals surface area contributed by atoms with E-state index in [-0.39, 0.29) is 5.56 Å². The number of rotatable bonds is 1. The number of nitrogens with zero attached hydrogens (tertiary/aromatic N) is 3. The van der Waals surface area contributed by atoms with Crippen LogP contribution in [0.2, 0.25) is 0 Å². The summed E-state index contributed by atoms with van der Waals surface area (Å²) in [6.45, 7) is 3.16. The molecule has 0 radical (unpaired) electrons. The van der Waals surface area contributed by atoms with Crippen molar-refractivity contribution in [3.05, 3.63) is 35.6 Å². The van der Waals surface area contributed by atoms with Gasteiger partial charge in [-0.2, -0.15) is 15.8 Å². The van der Waals surface area contributed by atoms with E-state index in [0.29, 0.717) is 0 Å². The first-order valence-corrected chi connectivity index (χ1v) is 7.26. The fraction of sp³-hybridized carbons (Fsp3) is 0.412. The van der Waals surface area contributed by atoms with Crippen LogP contribution >= 0.6 is 0 Å². The van der Waals surface area contributed by atoms with Crippen molar-refractivity contribution < 1.29 is 13.9 Å². The van der Waals surface area contributed by atoms with E-state index in [9.17, 15) is 20.2 Å². The molecule has 0 unspecified atom stereocenters. The predicted molar refractivity (Wildman–Crippen MR) is 78.3 cm³/mol. The molecule has 0 spiro atoms. The number of fused-ring (bicyclic) bond motifs is 2. The van der Waals surface area contributed by atoms with Crippen LogP contribution in [0.5, 0.6) is 0 Å². The zero-order valence-corrected chi connectivity index (χ0v) is 13.0. The number of halogens is 1. The zero-order valence-electron chi connectivity index (χ0n) is 13.0. The van der Waals surface area contributed by atoms with Crippen molar-refractivity contribution in [2.24, 2.45) is 16.7 Å². The van der Waals surface area contributed by atoms with Crippen LogP contribution in [0.15, 0.2) is 24.3 Å². The highest BCUT2D eigenvalue weighted by molar-refractivity contribution is 5.89. The van der Waals surface area contributed by atoms with Gasteiger partial charge < -0.3 is 9.47 Å². The number of benzene rings is 1. The Morgan fingerprint density at radius 1 is 1.21 bits per heavy atom. The van der Waals surface area contributed by atoms with Gasteiger partial charge in [0.2, 0.25) is 17.1 Å². The Bertz CT molecular complexity index is 851. The molecule has 120 valence electrons. The topological polar surface area (TPSA) is 114 Å². The molecule has 2 heterocycles. The Kier molecular flexibility index (Phi) is 3.17. The van der Waals surface area contributed by atoms with Gasteiger partial charge in [0.25, 0.3) is 0 Å². The van der Waals surface area contributed by atoms with Crippen LogP contribution in [0.1, 0.15) is 25.5 Å². The molecular formula is C17H13FN4O2. The molecule has 24 heavy (non-hydrogen) atoms. The summed E-state index contributed by atoms with van der Waals surface area (Å²) in [4.78, 5) is 0. The Balaban J connectivity index is 2.34. The normalized spacial score (nSPS) is 36.1. The average Bonchev–Trinajstić information content (AvgIpc) is 2.70. The SMILES string of the molecule is C[C@H]1[C@]2(C)OC(=N)[C@@]1(C#N)C(C#N)(C#N)[C@@H](c1cccc(F)c1)O2. The van der Waals surface area contributed by atoms with Crippen LogP contribution in [-0.2, 0) is 9.47 Å². The Hall–Kier alpha value is -2.95. The minimum absolute atomic E-state index is 0.245. The van der Waals surface area contributed by atoms with E-state index >= 15 is 0 Å². The summed E-state index contributed by atoms with van der Waals surface area (Å²) in [5.74, 6) is -3.12. The highest BCUT2D eigenvalue weighted by atomic mass is 19.1. The number of hydrogen-bond donors (Lipinski definition) is 1. The molecule has 4 atom stereocenters. The van der Waals surface area contributed by atoms with Gasteiger partial charge >= 0.3 is 0 Å². The van der Waals surface area contributed by atoms with E-state index in [4.69, 9.17) is 14.9 Å². The second kappa shape index (κ2) is 4.77. The van der Waals surface area contributed by atoms with Gasteiger partial charge in [0.05, 0.1) is 24.1 Å². The summed E-state index contributed by atoms with van der Waals surface area (Å²) in [6, 6.07) is 11.1. The third-order valence-corrected chi connectivity index (χ3v) is 5.15. The van der Waals surface area contributed by atoms with Crippen molar-refractivity contribution in [1.82, 2.24) is 0 Å². The van der Waals surface area contributed by atoms with Crippen molar-refractivity contribution in [2.75, 3.05) is 0 Å². The lowest BCUT2D eigenvalue weighted by molar-refractivity contribution is -0.268. The second-order valence-corrected chi connectivity index (χ2v) is 6.17. The van der Waals surface area contributed by atoms with Crippen molar-refractivity contribution in [2.45, 2.75) is 25.7 Å². The molecule has 0 saturated carbocycles. The Morgan fingerprint density at radius 3 is 2.42 bits per heavy atom. The number of nitrogens with one attached hydrogen (secondary N) is 1.